The molecule has 0 heterocycles. The van der Waals surface area contributed by atoms with Crippen molar-refractivity contribution in [3.63, 3.8) is 0 Å². The fourth-order valence-electron chi connectivity index (χ4n) is 2.77. The van der Waals surface area contributed by atoms with E-state index in [1.165, 1.54) is 19.3 Å². The molecular formula is C14H19Cl2NO. The molecule has 0 aliphatic heterocycles. The second-order valence-corrected chi connectivity index (χ2v) is 5.86. The summed E-state index contributed by atoms with van der Waals surface area (Å²) >= 11 is 12.3. The molecule has 0 aromatic heterocycles. The molecule has 0 saturated heterocycles. The average Bonchev–Trinajstić information content (AvgIpc) is 2.38. The van der Waals surface area contributed by atoms with Crippen LogP contribution in [0.2, 0.25) is 10.0 Å². The second kappa shape index (κ2) is 6.25. The van der Waals surface area contributed by atoms with Gasteiger partial charge in [-0.05, 0) is 30.9 Å². The van der Waals surface area contributed by atoms with Crippen LogP contribution in [0.1, 0.15) is 43.7 Å². The van der Waals surface area contributed by atoms with Gasteiger partial charge in [-0.1, -0.05) is 48.5 Å². The third-order valence-electron chi connectivity index (χ3n) is 3.83. The van der Waals surface area contributed by atoms with Crippen molar-refractivity contribution in [2.45, 2.75) is 44.2 Å². The van der Waals surface area contributed by atoms with Gasteiger partial charge in [0, 0.05) is 15.6 Å². The first-order chi connectivity index (χ1) is 8.61. The Balaban J connectivity index is 2.16. The largest absolute Gasteiger partial charge is 0.391 e. The first-order valence-corrected chi connectivity index (χ1v) is 7.24. The molecule has 2 rings (SSSR count). The number of aliphatic hydroxyl groups excluding tert-OH is 1. The topological polar surface area (TPSA) is 46.2 Å². The SMILES string of the molecule is N[C@H](c1c(Cl)cccc1Cl)[C@@H](O)C1CCCCC1. The van der Waals surface area contributed by atoms with Crippen LogP contribution < -0.4 is 5.73 Å². The van der Waals surface area contributed by atoms with Gasteiger partial charge in [-0.25, -0.2) is 0 Å². The molecule has 1 fully saturated rings. The minimum Gasteiger partial charge on any atom is -0.391 e. The molecule has 1 aromatic rings. The third kappa shape index (κ3) is 3.00. The molecule has 1 aliphatic carbocycles. The van der Waals surface area contributed by atoms with E-state index in [4.69, 9.17) is 28.9 Å². The van der Waals surface area contributed by atoms with E-state index < -0.39 is 12.1 Å². The molecule has 4 heteroatoms. The summed E-state index contributed by atoms with van der Waals surface area (Å²) < 4.78 is 0. The molecule has 3 N–H and O–H groups in total. The molecule has 18 heavy (non-hydrogen) atoms. The van der Waals surface area contributed by atoms with Crippen LogP contribution in [0.4, 0.5) is 0 Å². The van der Waals surface area contributed by atoms with Crippen LogP contribution in [0, 0.1) is 5.92 Å². The van der Waals surface area contributed by atoms with Crippen LogP contribution in [-0.2, 0) is 0 Å². The van der Waals surface area contributed by atoms with Gasteiger partial charge < -0.3 is 10.8 Å². The molecule has 100 valence electrons. The Hall–Kier alpha value is -0.280. The van der Waals surface area contributed by atoms with Crippen LogP contribution in [0.3, 0.4) is 0 Å². The van der Waals surface area contributed by atoms with Gasteiger partial charge in [-0.15, -0.1) is 0 Å². The Kier molecular flexibility index (Phi) is 4.91. The van der Waals surface area contributed by atoms with Crippen molar-refractivity contribution in [1.82, 2.24) is 0 Å². The highest BCUT2D eigenvalue weighted by atomic mass is 35.5. The fraction of sp³-hybridized carbons (Fsp3) is 0.571. The summed E-state index contributed by atoms with van der Waals surface area (Å²) in [5, 5.41) is 11.5. The van der Waals surface area contributed by atoms with Crippen molar-refractivity contribution in [2.75, 3.05) is 0 Å². The average molecular weight is 288 g/mol. The van der Waals surface area contributed by atoms with Crippen molar-refractivity contribution >= 4 is 23.2 Å². The highest BCUT2D eigenvalue weighted by Crippen LogP contribution is 2.36. The summed E-state index contributed by atoms with van der Waals surface area (Å²) in [4.78, 5) is 0. The zero-order chi connectivity index (χ0) is 13.1. The lowest BCUT2D eigenvalue weighted by molar-refractivity contribution is 0.0618. The molecule has 0 spiro atoms. The van der Waals surface area contributed by atoms with E-state index in [-0.39, 0.29) is 5.92 Å². The summed E-state index contributed by atoms with van der Waals surface area (Å²) in [5.41, 5.74) is 6.82. The van der Waals surface area contributed by atoms with E-state index in [1.807, 2.05) is 0 Å². The molecule has 2 atom stereocenters. The fourth-order valence-corrected chi connectivity index (χ4v) is 3.42. The maximum atomic E-state index is 10.4. The van der Waals surface area contributed by atoms with Crippen molar-refractivity contribution in [3.8, 4) is 0 Å². The van der Waals surface area contributed by atoms with Gasteiger partial charge in [0.2, 0.25) is 0 Å². The summed E-state index contributed by atoms with van der Waals surface area (Å²) in [6, 6.07) is 4.80. The standard InChI is InChI=1S/C14H19Cl2NO/c15-10-7-4-8-11(16)12(10)13(17)14(18)9-5-2-1-3-6-9/h4,7-9,13-14,18H,1-3,5-6,17H2/t13-,14+/m1/s1. The van der Waals surface area contributed by atoms with Gasteiger partial charge in [-0.2, -0.15) is 0 Å². The van der Waals surface area contributed by atoms with Crippen molar-refractivity contribution in [3.05, 3.63) is 33.8 Å². The van der Waals surface area contributed by atoms with E-state index in [9.17, 15) is 5.11 Å². The number of nitrogens with two attached hydrogens (primary N) is 1. The van der Waals surface area contributed by atoms with Crippen molar-refractivity contribution in [2.24, 2.45) is 11.7 Å². The maximum Gasteiger partial charge on any atom is 0.0761 e. The molecule has 1 aromatic carbocycles. The lowest BCUT2D eigenvalue weighted by Gasteiger charge is -2.31. The number of aliphatic hydroxyl groups is 1. The van der Waals surface area contributed by atoms with Crippen molar-refractivity contribution < 1.29 is 5.11 Å². The molecule has 0 unspecified atom stereocenters. The summed E-state index contributed by atoms with van der Waals surface area (Å²) in [6.07, 6.45) is 5.11. The maximum absolute atomic E-state index is 10.4. The number of benzene rings is 1. The van der Waals surface area contributed by atoms with Crippen LogP contribution in [0.25, 0.3) is 0 Å². The Bertz CT molecular complexity index is 385. The Morgan fingerprint density at radius 2 is 1.67 bits per heavy atom. The van der Waals surface area contributed by atoms with E-state index in [2.05, 4.69) is 0 Å². The zero-order valence-electron chi connectivity index (χ0n) is 10.3. The van der Waals surface area contributed by atoms with Crippen molar-refractivity contribution in [1.29, 1.82) is 0 Å². The van der Waals surface area contributed by atoms with E-state index in [0.717, 1.165) is 12.8 Å². The zero-order valence-corrected chi connectivity index (χ0v) is 11.8. The molecule has 2 nitrogen and oxygen atoms in total. The van der Waals surface area contributed by atoms with Crippen LogP contribution >= 0.6 is 23.2 Å². The highest BCUT2D eigenvalue weighted by molar-refractivity contribution is 6.36. The molecule has 0 radical (unpaired) electrons. The predicted octanol–water partition coefficient (Wildman–Crippen LogP) is 3.93. The van der Waals surface area contributed by atoms with Gasteiger partial charge >= 0.3 is 0 Å². The van der Waals surface area contributed by atoms with Gasteiger partial charge in [0.15, 0.2) is 0 Å². The molecule has 0 amide bonds. The number of rotatable bonds is 3. The molecule has 1 aliphatic rings. The Labute approximate surface area is 118 Å². The number of halogens is 2. The van der Waals surface area contributed by atoms with Gasteiger partial charge in [0.1, 0.15) is 0 Å². The van der Waals surface area contributed by atoms with Crippen LogP contribution in [0.15, 0.2) is 18.2 Å². The smallest absolute Gasteiger partial charge is 0.0761 e. The van der Waals surface area contributed by atoms with Gasteiger partial charge in [0.25, 0.3) is 0 Å². The summed E-state index contributed by atoms with van der Waals surface area (Å²) in [5.74, 6) is 0.265. The lowest BCUT2D eigenvalue weighted by atomic mass is 9.81. The highest BCUT2D eigenvalue weighted by Gasteiger charge is 2.29. The Morgan fingerprint density at radius 3 is 2.22 bits per heavy atom. The second-order valence-electron chi connectivity index (χ2n) is 5.05. The quantitative estimate of drug-likeness (QED) is 0.885. The van der Waals surface area contributed by atoms with Gasteiger partial charge in [-0.3, -0.25) is 0 Å². The van der Waals surface area contributed by atoms with E-state index in [0.29, 0.717) is 15.6 Å². The minimum atomic E-state index is -0.567. The van der Waals surface area contributed by atoms with Gasteiger partial charge in [0.05, 0.1) is 12.1 Å². The first kappa shape index (κ1) is 14.1. The Morgan fingerprint density at radius 1 is 1.11 bits per heavy atom. The minimum absolute atomic E-state index is 0.265. The third-order valence-corrected chi connectivity index (χ3v) is 4.49. The predicted molar refractivity (Wildman–Crippen MR) is 76.0 cm³/mol. The monoisotopic (exact) mass is 287 g/mol. The van der Waals surface area contributed by atoms with E-state index >= 15 is 0 Å². The normalized spacial score (nSPS) is 20.7. The molecular weight excluding hydrogens is 269 g/mol. The van der Waals surface area contributed by atoms with Crippen LogP contribution in [-0.4, -0.2) is 11.2 Å². The number of hydrogen-bond donors (Lipinski definition) is 2. The van der Waals surface area contributed by atoms with Crippen LogP contribution in [0.5, 0.6) is 0 Å². The molecule has 0 bridgehead atoms. The van der Waals surface area contributed by atoms with E-state index in [1.54, 1.807) is 18.2 Å². The lowest BCUT2D eigenvalue weighted by Crippen LogP contribution is -2.34. The molecule has 1 saturated carbocycles. The first-order valence-electron chi connectivity index (χ1n) is 6.49. The summed E-state index contributed by atoms with van der Waals surface area (Å²) in [7, 11) is 0. The summed E-state index contributed by atoms with van der Waals surface area (Å²) in [6.45, 7) is 0. The number of hydrogen-bond acceptors (Lipinski definition) is 2.